The molecule has 1 aromatic rings. The van der Waals surface area contributed by atoms with Gasteiger partial charge in [0, 0.05) is 26.2 Å². The van der Waals surface area contributed by atoms with Crippen LogP contribution < -0.4 is 0 Å². The zero-order chi connectivity index (χ0) is 18.8. The van der Waals surface area contributed by atoms with Crippen LogP contribution in [0.1, 0.15) is 5.56 Å². The van der Waals surface area contributed by atoms with Crippen molar-refractivity contribution in [1.82, 2.24) is 14.8 Å². The smallest absolute Gasteiger partial charge is 0.227 e. The molecule has 0 bridgehead atoms. The maximum atomic E-state index is 12.6. The van der Waals surface area contributed by atoms with Crippen molar-refractivity contribution in [3.8, 4) is 0 Å². The van der Waals surface area contributed by atoms with Crippen LogP contribution in [0.4, 0.5) is 0 Å². The van der Waals surface area contributed by atoms with Crippen LogP contribution in [-0.4, -0.2) is 65.6 Å². The van der Waals surface area contributed by atoms with E-state index >= 15 is 0 Å². The number of hydrogen-bond donors (Lipinski definition) is 0. The lowest BCUT2D eigenvalue weighted by molar-refractivity contribution is -0.131. The number of amidine groups is 1. The summed E-state index contributed by atoms with van der Waals surface area (Å²) >= 11 is 12.2. The molecule has 1 fully saturated rings. The standard InChI is InChI=1S/C19H19Cl2N5O/c20-16-3-1-2-14(19(16)21)12-18(27)25-10-8-24(9-11-25)17-5-4-15-6-7-22-13-26(15)23-17/h1-6,13H,7-12H2. The van der Waals surface area contributed by atoms with Gasteiger partial charge >= 0.3 is 0 Å². The molecule has 3 aliphatic heterocycles. The lowest BCUT2D eigenvalue weighted by Crippen LogP contribution is -2.51. The molecule has 0 N–H and O–H groups in total. The Morgan fingerprint density at radius 3 is 2.74 bits per heavy atom. The van der Waals surface area contributed by atoms with Crippen molar-refractivity contribution in [3.63, 3.8) is 0 Å². The third kappa shape index (κ3) is 3.87. The highest BCUT2D eigenvalue weighted by atomic mass is 35.5. The van der Waals surface area contributed by atoms with Crippen molar-refractivity contribution >= 4 is 41.3 Å². The second-order valence-electron chi connectivity index (χ2n) is 6.50. The van der Waals surface area contributed by atoms with Crippen molar-refractivity contribution < 1.29 is 4.79 Å². The van der Waals surface area contributed by atoms with Gasteiger partial charge in [-0.15, -0.1) is 5.10 Å². The second-order valence-corrected chi connectivity index (χ2v) is 7.29. The third-order valence-electron chi connectivity index (χ3n) is 4.80. The van der Waals surface area contributed by atoms with E-state index in [1.807, 2.05) is 35.3 Å². The third-order valence-corrected chi connectivity index (χ3v) is 5.66. The molecule has 0 unspecified atom stereocenters. The number of carbonyl (C=O) groups is 1. The van der Waals surface area contributed by atoms with Gasteiger partial charge in [0.05, 0.1) is 28.7 Å². The van der Waals surface area contributed by atoms with Crippen LogP contribution in [0.15, 0.2) is 52.2 Å². The van der Waals surface area contributed by atoms with Crippen molar-refractivity contribution in [3.05, 3.63) is 57.7 Å². The van der Waals surface area contributed by atoms with Crippen molar-refractivity contribution in [2.75, 3.05) is 32.7 Å². The average Bonchev–Trinajstić information content (AvgIpc) is 2.71. The fourth-order valence-electron chi connectivity index (χ4n) is 3.28. The summed E-state index contributed by atoms with van der Waals surface area (Å²) in [6.45, 7) is 3.48. The molecular formula is C19H19Cl2N5O. The van der Waals surface area contributed by atoms with E-state index in [-0.39, 0.29) is 12.3 Å². The number of allylic oxidation sites excluding steroid dienone is 1. The van der Waals surface area contributed by atoms with Crippen LogP contribution in [0.25, 0.3) is 0 Å². The number of halogens is 2. The molecule has 0 radical (unpaired) electrons. The Kier molecular flexibility index (Phi) is 5.18. The zero-order valence-electron chi connectivity index (χ0n) is 14.7. The summed E-state index contributed by atoms with van der Waals surface area (Å²) in [6.07, 6.45) is 8.11. The minimum Gasteiger partial charge on any atom is -0.352 e. The van der Waals surface area contributed by atoms with E-state index in [2.05, 4.69) is 15.0 Å². The van der Waals surface area contributed by atoms with Gasteiger partial charge in [0.25, 0.3) is 0 Å². The van der Waals surface area contributed by atoms with Gasteiger partial charge in [-0.25, -0.2) is 5.01 Å². The average molecular weight is 404 g/mol. The predicted molar refractivity (Wildman–Crippen MR) is 108 cm³/mol. The number of rotatable bonds is 2. The summed E-state index contributed by atoms with van der Waals surface area (Å²) in [6, 6.07) is 5.38. The molecule has 3 aliphatic rings. The van der Waals surface area contributed by atoms with Gasteiger partial charge in [0.1, 0.15) is 12.2 Å². The number of carbonyl (C=O) groups excluding carboxylic acids is 1. The van der Waals surface area contributed by atoms with Gasteiger partial charge in [-0.05, 0) is 29.9 Å². The summed E-state index contributed by atoms with van der Waals surface area (Å²) in [5, 5.41) is 7.35. The Morgan fingerprint density at radius 1 is 1.11 bits per heavy atom. The number of nitrogens with zero attached hydrogens (tertiary/aromatic N) is 5. The first-order valence-electron chi connectivity index (χ1n) is 8.83. The van der Waals surface area contributed by atoms with E-state index in [0.717, 1.165) is 30.2 Å². The first-order chi connectivity index (χ1) is 13.1. The highest BCUT2D eigenvalue weighted by Crippen LogP contribution is 2.26. The summed E-state index contributed by atoms with van der Waals surface area (Å²) < 4.78 is 0. The summed E-state index contributed by atoms with van der Waals surface area (Å²) in [4.78, 5) is 20.9. The van der Waals surface area contributed by atoms with Crippen LogP contribution in [0.5, 0.6) is 0 Å². The maximum absolute atomic E-state index is 12.6. The molecule has 8 heteroatoms. The molecule has 1 aromatic carbocycles. The van der Waals surface area contributed by atoms with E-state index in [1.54, 1.807) is 17.4 Å². The number of piperazine rings is 1. The second kappa shape index (κ2) is 7.74. The summed E-state index contributed by atoms with van der Waals surface area (Å²) in [7, 11) is 0. The van der Waals surface area contributed by atoms with Gasteiger partial charge < -0.3 is 9.80 Å². The number of benzene rings is 1. The van der Waals surface area contributed by atoms with Crippen LogP contribution in [-0.2, 0) is 11.2 Å². The van der Waals surface area contributed by atoms with Crippen LogP contribution in [0, 0.1) is 0 Å². The summed E-state index contributed by atoms with van der Waals surface area (Å²) in [5.41, 5.74) is 1.81. The van der Waals surface area contributed by atoms with Crippen LogP contribution in [0.2, 0.25) is 10.0 Å². The highest BCUT2D eigenvalue weighted by Gasteiger charge is 2.25. The minimum absolute atomic E-state index is 0.0633. The lowest BCUT2D eigenvalue weighted by Gasteiger charge is -2.37. The van der Waals surface area contributed by atoms with Crippen molar-refractivity contribution in [2.24, 2.45) is 10.1 Å². The van der Waals surface area contributed by atoms with Gasteiger partial charge in [0.2, 0.25) is 5.91 Å². The van der Waals surface area contributed by atoms with Gasteiger partial charge in [-0.2, -0.15) is 0 Å². The quantitative estimate of drug-likeness (QED) is 0.762. The number of aliphatic imine (C=N–C) groups is 1. The number of fused-ring (bicyclic) bond motifs is 1. The molecule has 0 aliphatic carbocycles. The topological polar surface area (TPSA) is 51.5 Å². The Balaban J connectivity index is 1.36. The Hall–Kier alpha value is -2.31. The van der Waals surface area contributed by atoms with E-state index < -0.39 is 0 Å². The van der Waals surface area contributed by atoms with E-state index in [9.17, 15) is 4.79 Å². The minimum atomic E-state index is 0.0633. The first-order valence-corrected chi connectivity index (χ1v) is 9.59. The van der Waals surface area contributed by atoms with Crippen LogP contribution >= 0.6 is 23.2 Å². The lowest BCUT2D eigenvalue weighted by atomic mass is 10.1. The maximum Gasteiger partial charge on any atom is 0.227 e. The van der Waals surface area contributed by atoms with Gasteiger partial charge in [0.15, 0.2) is 0 Å². The fraction of sp³-hybridized carbons (Fsp3) is 0.316. The Bertz CT molecular complexity index is 869. The van der Waals surface area contributed by atoms with Crippen molar-refractivity contribution in [1.29, 1.82) is 0 Å². The number of amides is 1. The monoisotopic (exact) mass is 403 g/mol. The summed E-state index contributed by atoms with van der Waals surface area (Å²) in [5.74, 6) is 0.957. The van der Waals surface area contributed by atoms with E-state index in [1.165, 1.54) is 0 Å². The fourth-order valence-corrected chi connectivity index (χ4v) is 3.66. The number of hydrogen-bond acceptors (Lipinski definition) is 5. The Labute approximate surface area is 168 Å². The van der Waals surface area contributed by atoms with Crippen LogP contribution in [0.3, 0.4) is 0 Å². The number of hydrazone groups is 1. The molecule has 0 aromatic heterocycles. The molecular weight excluding hydrogens is 385 g/mol. The molecule has 0 spiro atoms. The Morgan fingerprint density at radius 2 is 1.93 bits per heavy atom. The molecule has 27 heavy (non-hydrogen) atoms. The molecule has 1 saturated heterocycles. The van der Waals surface area contributed by atoms with E-state index in [0.29, 0.717) is 29.7 Å². The molecule has 0 saturated carbocycles. The first kappa shape index (κ1) is 18.1. The van der Waals surface area contributed by atoms with E-state index in [4.69, 9.17) is 23.2 Å². The van der Waals surface area contributed by atoms with Gasteiger partial charge in [-0.3, -0.25) is 9.79 Å². The molecule has 1 amide bonds. The molecule has 3 heterocycles. The molecule has 6 nitrogen and oxygen atoms in total. The SMILES string of the molecule is O=C(Cc1cccc(Cl)c1Cl)N1CCN(C2=NN3C=NCC=C3C=C2)CC1. The zero-order valence-corrected chi connectivity index (χ0v) is 16.2. The molecule has 4 rings (SSSR count). The highest BCUT2D eigenvalue weighted by molar-refractivity contribution is 6.42. The molecule has 140 valence electrons. The largest absolute Gasteiger partial charge is 0.352 e. The van der Waals surface area contributed by atoms with Gasteiger partial charge in [-0.1, -0.05) is 35.3 Å². The van der Waals surface area contributed by atoms with Crippen molar-refractivity contribution in [2.45, 2.75) is 6.42 Å². The molecule has 0 atom stereocenters. The normalized spacial score (nSPS) is 19.0. The predicted octanol–water partition coefficient (Wildman–Crippen LogP) is 2.79.